The molecule has 4 heteroatoms. The fourth-order valence-corrected chi connectivity index (χ4v) is 1.40. The minimum atomic E-state index is -0.527. The lowest BCUT2D eigenvalue weighted by Crippen LogP contribution is -2.46. The van der Waals surface area contributed by atoms with Crippen LogP contribution in [-0.2, 0) is 4.79 Å². The van der Waals surface area contributed by atoms with Gasteiger partial charge in [0.2, 0.25) is 5.91 Å². The molecule has 15 heavy (non-hydrogen) atoms. The van der Waals surface area contributed by atoms with Crippen molar-refractivity contribution < 1.29 is 9.90 Å². The molecule has 0 fully saturated rings. The van der Waals surface area contributed by atoms with Crippen LogP contribution in [0.5, 0.6) is 0 Å². The zero-order valence-corrected chi connectivity index (χ0v) is 10.8. The van der Waals surface area contributed by atoms with E-state index in [2.05, 4.69) is 0 Å². The van der Waals surface area contributed by atoms with Crippen molar-refractivity contribution in [3.63, 3.8) is 0 Å². The Morgan fingerprint density at radius 3 is 2.33 bits per heavy atom. The van der Waals surface area contributed by atoms with Gasteiger partial charge in [0.25, 0.3) is 0 Å². The Balaban J connectivity index is 4.55. The van der Waals surface area contributed by atoms with Gasteiger partial charge in [-0.15, -0.1) is 11.6 Å². The molecule has 0 unspecified atom stereocenters. The summed E-state index contributed by atoms with van der Waals surface area (Å²) < 4.78 is 0. The first-order valence-electron chi connectivity index (χ1n) is 5.34. The van der Waals surface area contributed by atoms with Gasteiger partial charge in [0.05, 0.1) is 5.41 Å². The van der Waals surface area contributed by atoms with Gasteiger partial charge in [-0.3, -0.25) is 4.79 Å². The van der Waals surface area contributed by atoms with Gasteiger partial charge in [-0.2, -0.15) is 0 Å². The van der Waals surface area contributed by atoms with Gasteiger partial charge in [0.1, 0.15) is 0 Å². The number of hydrogen-bond acceptors (Lipinski definition) is 2. The molecule has 1 N–H and O–H groups in total. The number of halogens is 1. The number of aliphatic hydroxyl groups excluding tert-OH is 1. The summed E-state index contributed by atoms with van der Waals surface area (Å²) in [5, 5.41) is 8.77. The van der Waals surface area contributed by atoms with Crippen molar-refractivity contribution in [1.29, 1.82) is 0 Å². The first kappa shape index (κ1) is 14.7. The molecule has 0 radical (unpaired) electrons. The first-order valence-corrected chi connectivity index (χ1v) is 5.88. The molecule has 0 aliphatic carbocycles. The van der Waals surface area contributed by atoms with Gasteiger partial charge in [-0.25, -0.2) is 0 Å². The highest BCUT2D eigenvalue weighted by Crippen LogP contribution is 2.22. The van der Waals surface area contributed by atoms with Gasteiger partial charge in [0, 0.05) is 25.1 Å². The maximum absolute atomic E-state index is 12.1. The predicted molar refractivity (Wildman–Crippen MR) is 63.1 cm³/mol. The Labute approximate surface area is 97.4 Å². The number of hydrogen-bond donors (Lipinski definition) is 1. The fraction of sp³-hybridized carbons (Fsp3) is 0.909. The molecule has 0 aromatic heterocycles. The summed E-state index contributed by atoms with van der Waals surface area (Å²) in [5.41, 5.74) is -0.527. The number of aliphatic hydroxyl groups is 1. The molecule has 0 aliphatic heterocycles. The Morgan fingerprint density at radius 2 is 2.00 bits per heavy atom. The molecule has 1 amide bonds. The molecular weight excluding hydrogens is 214 g/mol. The van der Waals surface area contributed by atoms with Crippen molar-refractivity contribution in [2.45, 2.75) is 40.2 Å². The van der Waals surface area contributed by atoms with E-state index in [1.807, 2.05) is 27.7 Å². The zero-order valence-electron chi connectivity index (χ0n) is 10.1. The molecule has 0 saturated heterocycles. The summed E-state index contributed by atoms with van der Waals surface area (Å²) in [5.74, 6) is 0.370. The van der Waals surface area contributed by atoms with Crippen LogP contribution < -0.4 is 0 Å². The average molecular weight is 236 g/mol. The highest BCUT2D eigenvalue weighted by Gasteiger charge is 2.32. The topological polar surface area (TPSA) is 40.5 Å². The van der Waals surface area contributed by atoms with E-state index in [1.165, 1.54) is 0 Å². The third-order valence-electron chi connectivity index (χ3n) is 2.35. The normalized spacial score (nSPS) is 11.9. The zero-order chi connectivity index (χ0) is 12.1. The van der Waals surface area contributed by atoms with Gasteiger partial charge in [-0.05, 0) is 34.1 Å². The summed E-state index contributed by atoms with van der Waals surface area (Å²) in [6.45, 7) is 8.33. The molecule has 0 aromatic rings. The van der Waals surface area contributed by atoms with E-state index in [9.17, 15) is 4.79 Å². The Hall–Kier alpha value is -0.280. The number of alkyl halides is 1. The maximum atomic E-state index is 12.1. The fourth-order valence-electron chi connectivity index (χ4n) is 1.28. The lowest BCUT2D eigenvalue weighted by molar-refractivity contribution is -0.141. The number of rotatable bonds is 6. The highest BCUT2D eigenvalue weighted by atomic mass is 35.5. The summed E-state index contributed by atoms with van der Waals surface area (Å²) >= 11 is 5.77. The van der Waals surface area contributed by atoms with Crippen LogP contribution in [0, 0.1) is 5.41 Å². The van der Waals surface area contributed by atoms with Gasteiger partial charge < -0.3 is 10.0 Å². The van der Waals surface area contributed by atoms with Crippen LogP contribution >= 0.6 is 11.6 Å². The van der Waals surface area contributed by atoms with Crippen molar-refractivity contribution in [2.75, 3.05) is 19.0 Å². The molecule has 90 valence electrons. The third kappa shape index (κ3) is 4.39. The molecule has 0 heterocycles. The summed E-state index contributed by atoms with van der Waals surface area (Å²) in [7, 11) is 0. The smallest absolute Gasteiger partial charge is 0.229 e. The van der Waals surface area contributed by atoms with Crippen molar-refractivity contribution >= 4 is 17.5 Å². The monoisotopic (exact) mass is 235 g/mol. The van der Waals surface area contributed by atoms with Crippen molar-refractivity contribution in [1.82, 2.24) is 4.90 Å². The van der Waals surface area contributed by atoms with E-state index >= 15 is 0 Å². The second kappa shape index (κ2) is 6.33. The van der Waals surface area contributed by atoms with E-state index in [-0.39, 0.29) is 18.6 Å². The predicted octanol–water partition coefficient (Wildman–Crippen LogP) is 1.87. The largest absolute Gasteiger partial charge is 0.396 e. The molecule has 3 nitrogen and oxygen atoms in total. The van der Waals surface area contributed by atoms with Crippen LogP contribution in [0.3, 0.4) is 0 Å². The molecule has 0 spiro atoms. The van der Waals surface area contributed by atoms with Crippen LogP contribution in [0.4, 0.5) is 0 Å². The number of nitrogens with zero attached hydrogens (tertiary/aromatic N) is 1. The van der Waals surface area contributed by atoms with Gasteiger partial charge in [0.15, 0.2) is 0 Å². The average Bonchev–Trinajstić information content (AvgIpc) is 2.17. The van der Waals surface area contributed by atoms with Crippen molar-refractivity contribution in [3.05, 3.63) is 0 Å². The number of carbonyl (C=O) groups is 1. The van der Waals surface area contributed by atoms with E-state index in [1.54, 1.807) is 4.90 Å². The molecule has 0 atom stereocenters. The Kier molecular flexibility index (Phi) is 6.22. The van der Waals surface area contributed by atoms with Crippen molar-refractivity contribution in [2.24, 2.45) is 5.41 Å². The molecule has 0 aliphatic rings. The van der Waals surface area contributed by atoms with Crippen LogP contribution in [0.1, 0.15) is 34.1 Å². The van der Waals surface area contributed by atoms with Crippen LogP contribution in [0.2, 0.25) is 0 Å². The first-order chi connectivity index (χ1) is 6.86. The molecule has 0 rings (SSSR count). The van der Waals surface area contributed by atoms with Crippen LogP contribution in [0.15, 0.2) is 0 Å². The number of amides is 1. The van der Waals surface area contributed by atoms with Gasteiger partial charge >= 0.3 is 0 Å². The van der Waals surface area contributed by atoms with E-state index < -0.39 is 5.41 Å². The summed E-state index contributed by atoms with van der Waals surface area (Å²) in [6.07, 6.45) is 0.613. The SMILES string of the molecule is CC(C)N(CCCO)C(=O)C(C)(C)CCl. The lowest BCUT2D eigenvalue weighted by atomic mass is 9.93. The summed E-state index contributed by atoms with van der Waals surface area (Å²) in [4.78, 5) is 13.9. The van der Waals surface area contributed by atoms with E-state index in [0.717, 1.165) is 0 Å². The molecular formula is C11H22ClNO2. The standard InChI is InChI=1S/C11H22ClNO2/c1-9(2)13(6-5-7-14)10(15)11(3,4)8-12/h9,14H,5-8H2,1-4H3. The quantitative estimate of drug-likeness (QED) is 0.715. The maximum Gasteiger partial charge on any atom is 0.229 e. The van der Waals surface area contributed by atoms with Crippen LogP contribution in [-0.4, -0.2) is 41.0 Å². The van der Waals surface area contributed by atoms with Gasteiger partial charge in [-0.1, -0.05) is 0 Å². The van der Waals surface area contributed by atoms with Crippen molar-refractivity contribution in [3.8, 4) is 0 Å². The summed E-state index contributed by atoms with van der Waals surface area (Å²) in [6, 6.07) is 0.145. The third-order valence-corrected chi connectivity index (χ3v) is 3.02. The molecule has 0 bridgehead atoms. The molecule has 0 saturated carbocycles. The second-order valence-corrected chi connectivity index (χ2v) is 4.95. The Bertz CT molecular complexity index is 205. The number of carbonyl (C=O) groups excluding carboxylic acids is 1. The minimum absolute atomic E-state index is 0.0564. The highest BCUT2D eigenvalue weighted by molar-refractivity contribution is 6.19. The van der Waals surface area contributed by atoms with Crippen LogP contribution in [0.25, 0.3) is 0 Å². The second-order valence-electron chi connectivity index (χ2n) is 4.69. The molecule has 0 aromatic carbocycles. The lowest BCUT2D eigenvalue weighted by Gasteiger charge is -2.33. The van der Waals surface area contributed by atoms with E-state index in [4.69, 9.17) is 16.7 Å². The Morgan fingerprint density at radius 1 is 1.47 bits per heavy atom. The van der Waals surface area contributed by atoms with E-state index in [0.29, 0.717) is 18.8 Å². The minimum Gasteiger partial charge on any atom is -0.396 e.